The van der Waals surface area contributed by atoms with E-state index in [0.717, 1.165) is 30.8 Å². The summed E-state index contributed by atoms with van der Waals surface area (Å²) < 4.78 is 16.2. The summed E-state index contributed by atoms with van der Waals surface area (Å²) in [7, 11) is 6.73. The molecule has 6 nitrogen and oxygen atoms in total. The summed E-state index contributed by atoms with van der Waals surface area (Å²) in [5.74, 6) is 3.02. The van der Waals surface area contributed by atoms with Gasteiger partial charge in [-0.15, -0.1) is 24.0 Å². The van der Waals surface area contributed by atoms with Crippen LogP contribution in [0, 0.1) is 0 Å². The second-order valence-corrected chi connectivity index (χ2v) is 6.60. The molecular formula is C21H28IN3O3. The van der Waals surface area contributed by atoms with Crippen LogP contribution in [-0.4, -0.2) is 40.9 Å². The summed E-state index contributed by atoms with van der Waals surface area (Å²) in [6, 6.07) is 13.9. The van der Waals surface area contributed by atoms with Crippen molar-refractivity contribution in [3.8, 4) is 17.2 Å². The second-order valence-electron chi connectivity index (χ2n) is 6.60. The molecule has 1 aliphatic carbocycles. The lowest BCUT2D eigenvalue weighted by atomic mass is 9.95. The fourth-order valence-electron chi connectivity index (χ4n) is 3.26. The third kappa shape index (κ3) is 4.81. The maximum atomic E-state index is 5.55. The zero-order chi connectivity index (χ0) is 19.3. The molecule has 0 heterocycles. The molecule has 28 heavy (non-hydrogen) atoms. The molecule has 0 aromatic heterocycles. The van der Waals surface area contributed by atoms with Gasteiger partial charge in [0.05, 0.1) is 21.3 Å². The molecule has 2 N–H and O–H groups in total. The van der Waals surface area contributed by atoms with Crippen molar-refractivity contribution >= 4 is 35.6 Å². The smallest absolute Gasteiger partial charge is 0.195 e. The predicted molar refractivity (Wildman–Crippen MR) is 124 cm³/mol. The Balaban J connectivity index is 0.00000280. The summed E-state index contributed by atoms with van der Waals surface area (Å²) in [6.07, 6.45) is 2.27. The number of methoxy groups -OCH3 is 3. The van der Waals surface area contributed by atoms with Gasteiger partial charge in [-0.1, -0.05) is 18.2 Å². The van der Waals surface area contributed by atoms with Crippen molar-refractivity contribution in [1.82, 2.24) is 5.32 Å². The number of aliphatic imine (C=N–C) groups is 1. The molecule has 1 fully saturated rings. The number of ether oxygens (including phenoxy) is 3. The minimum Gasteiger partial charge on any atom is -0.496 e. The lowest BCUT2D eigenvalue weighted by molar-refractivity contribution is 0.355. The van der Waals surface area contributed by atoms with Crippen LogP contribution in [0.25, 0.3) is 0 Å². The van der Waals surface area contributed by atoms with Crippen molar-refractivity contribution in [2.24, 2.45) is 4.99 Å². The Labute approximate surface area is 183 Å². The van der Waals surface area contributed by atoms with E-state index < -0.39 is 0 Å². The van der Waals surface area contributed by atoms with Gasteiger partial charge in [0.15, 0.2) is 17.5 Å². The van der Waals surface area contributed by atoms with Gasteiger partial charge in [0.2, 0.25) is 0 Å². The number of anilines is 1. The Morgan fingerprint density at radius 1 is 0.964 bits per heavy atom. The molecule has 0 atom stereocenters. The molecular weight excluding hydrogens is 469 g/mol. The van der Waals surface area contributed by atoms with Gasteiger partial charge in [0, 0.05) is 36.3 Å². The summed E-state index contributed by atoms with van der Waals surface area (Å²) in [5, 5.41) is 6.76. The van der Waals surface area contributed by atoms with Gasteiger partial charge in [0.25, 0.3) is 0 Å². The van der Waals surface area contributed by atoms with Gasteiger partial charge in [-0.05, 0) is 31.0 Å². The van der Waals surface area contributed by atoms with Crippen molar-refractivity contribution in [3.05, 3.63) is 48.0 Å². The summed E-state index contributed by atoms with van der Waals surface area (Å²) in [6.45, 7) is 0.792. The third-order valence-electron chi connectivity index (χ3n) is 5.00. The van der Waals surface area contributed by atoms with Crippen molar-refractivity contribution in [2.75, 3.05) is 40.2 Å². The predicted octanol–water partition coefficient (Wildman–Crippen LogP) is 4.05. The summed E-state index contributed by atoms with van der Waals surface area (Å²) in [5.41, 5.74) is 2.23. The van der Waals surface area contributed by atoms with Gasteiger partial charge < -0.3 is 24.8 Å². The molecule has 0 aliphatic heterocycles. The monoisotopic (exact) mass is 497 g/mol. The minimum absolute atomic E-state index is 0. The van der Waals surface area contributed by atoms with E-state index in [-0.39, 0.29) is 29.4 Å². The fraction of sp³-hybridized carbons (Fsp3) is 0.381. The lowest BCUT2D eigenvalue weighted by Crippen LogP contribution is -2.36. The SMILES string of the molecule is CN=C(NCC1(c2ccccc2OC)CC1)Nc1ccc(OC)c(OC)c1.I. The largest absolute Gasteiger partial charge is 0.496 e. The van der Waals surface area contributed by atoms with Crippen molar-refractivity contribution in [2.45, 2.75) is 18.3 Å². The first kappa shape index (κ1) is 22.1. The van der Waals surface area contributed by atoms with Gasteiger partial charge in [-0.3, -0.25) is 4.99 Å². The molecule has 0 bridgehead atoms. The van der Waals surface area contributed by atoms with E-state index in [4.69, 9.17) is 14.2 Å². The number of hydrogen-bond acceptors (Lipinski definition) is 4. The Bertz CT molecular complexity index is 822. The molecule has 0 radical (unpaired) electrons. The van der Waals surface area contributed by atoms with E-state index in [0.29, 0.717) is 17.5 Å². The molecule has 1 saturated carbocycles. The fourth-order valence-corrected chi connectivity index (χ4v) is 3.26. The van der Waals surface area contributed by atoms with Crippen LogP contribution in [0.1, 0.15) is 18.4 Å². The molecule has 152 valence electrons. The quantitative estimate of drug-likeness (QED) is 0.344. The van der Waals surface area contributed by atoms with E-state index in [2.05, 4.69) is 27.8 Å². The van der Waals surface area contributed by atoms with Crippen molar-refractivity contribution in [1.29, 1.82) is 0 Å². The zero-order valence-electron chi connectivity index (χ0n) is 16.7. The van der Waals surface area contributed by atoms with Crippen molar-refractivity contribution in [3.63, 3.8) is 0 Å². The number of hydrogen-bond donors (Lipinski definition) is 2. The highest BCUT2D eigenvalue weighted by molar-refractivity contribution is 14.0. The molecule has 2 aromatic carbocycles. The molecule has 1 aliphatic rings. The number of benzene rings is 2. The Morgan fingerprint density at radius 2 is 1.64 bits per heavy atom. The molecule has 7 heteroatoms. The average Bonchev–Trinajstić information content (AvgIpc) is 3.51. The van der Waals surface area contributed by atoms with Crippen LogP contribution in [-0.2, 0) is 5.41 Å². The molecule has 0 amide bonds. The average molecular weight is 497 g/mol. The topological polar surface area (TPSA) is 64.1 Å². The number of nitrogens with one attached hydrogen (secondary N) is 2. The van der Waals surface area contributed by atoms with Crippen LogP contribution in [0.2, 0.25) is 0 Å². The highest BCUT2D eigenvalue weighted by Gasteiger charge is 2.46. The maximum absolute atomic E-state index is 5.55. The summed E-state index contributed by atoms with van der Waals surface area (Å²) >= 11 is 0. The highest BCUT2D eigenvalue weighted by atomic mass is 127. The van der Waals surface area contributed by atoms with Gasteiger partial charge in [-0.25, -0.2) is 0 Å². The molecule has 0 spiro atoms. The standard InChI is InChI=1S/C21H27N3O3.HI/c1-22-20(24-15-9-10-18(26-3)19(13-15)27-4)23-14-21(11-12-21)16-7-5-6-8-17(16)25-2;/h5-10,13H,11-12,14H2,1-4H3,(H2,22,23,24);1H. The second kappa shape index (κ2) is 9.86. The van der Waals surface area contributed by atoms with Gasteiger partial charge in [-0.2, -0.15) is 0 Å². The highest BCUT2D eigenvalue weighted by Crippen LogP contribution is 2.50. The zero-order valence-corrected chi connectivity index (χ0v) is 19.1. The van der Waals surface area contributed by atoms with E-state index in [1.165, 1.54) is 5.56 Å². The minimum atomic E-state index is 0. The van der Waals surface area contributed by atoms with Crippen LogP contribution in [0.3, 0.4) is 0 Å². The normalized spacial score (nSPS) is 14.5. The van der Waals surface area contributed by atoms with Gasteiger partial charge >= 0.3 is 0 Å². The molecule has 0 unspecified atom stereocenters. The maximum Gasteiger partial charge on any atom is 0.195 e. The number of guanidine groups is 1. The first-order valence-electron chi connectivity index (χ1n) is 8.99. The third-order valence-corrected chi connectivity index (χ3v) is 5.00. The number of rotatable bonds is 7. The van der Waals surface area contributed by atoms with Crippen LogP contribution in [0.4, 0.5) is 5.69 Å². The Morgan fingerprint density at radius 3 is 2.25 bits per heavy atom. The van der Waals surface area contributed by atoms with Crippen LogP contribution >= 0.6 is 24.0 Å². The Hall–Kier alpha value is -2.16. The number of para-hydroxylation sites is 1. The number of halogens is 1. The van der Waals surface area contributed by atoms with E-state index in [1.54, 1.807) is 28.4 Å². The summed E-state index contributed by atoms with van der Waals surface area (Å²) in [4.78, 5) is 4.34. The molecule has 2 aromatic rings. The van der Waals surface area contributed by atoms with E-state index >= 15 is 0 Å². The van der Waals surface area contributed by atoms with Crippen LogP contribution in [0.5, 0.6) is 17.2 Å². The molecule has 0 saturated heterocycles. The lowest BCUT2D eigenvalue weighted by Gasteiger charge is -2.21. The van der Waals surface area contributed by atoms with E-state index in [9.17, 15) is 0 Å². The van der Waals surface area contributed by atoms with Gasteiger partial charge in [0.1, 0.15) is 5.75 Å². The van der Waals surface area contributed by atoms with Crippen LogP contribution < -0.4 is 24.8 Å². The first-order valence-corrected chi connectivity index (χ1v) is 8.99. The van der Waals surface area contributed by atoms with E-state index in [1.807, 2.05) is 30.3 Å². The molecule has 3 rings (SSSR count). The Kier molecular flexibility index (Phi) is 7.79. The first-order chi connectivity index (χ1) is 13.2. The number of nitrogens with zero attached hydrogens (tertiary/aromatic N) is 1. The van der Waals surface area contributed by atoms with Crippen LogP contribution in [0.15, 0.2) is 47.5 Å². The van der Waals surface area contributed by atoms with Crippen molar-refractivity contribution < 1.29 is 14.2 Å².